The van der Waals surface area contributed by atoms with Gasteiger partial charge in [-0.1, -0.05) is 60.1 Å². The summed E-state index contributed by atoms with van der Waals surface area (Å²) < 4.78 is 0. The maximum absolute atomic E-state index is 12.9. The lowest BCUT2D eigenvalue weighted by molar-refractivity contribution is -0.189. The van der Waals surface area contributed by atoms with Gasteiger partial charge in [0.1, 0.15) is 5.78 Å². The van der Waals surface area contributed by atoms with Crippen molar-refractivity contribution in [2.75, 3.05) is 0 Å². The zero-order chi connectivity index (χ0) is 25.1. The Morgan fingerprint density at radius 1 is 0.912 bits per heavy atom. The first-order valence-electron chi connectivity index (χ1n) is 13.7. The van der Waals surface area contributed by atoms with Crippen LogP contribution < -0.4 is 0 Å². The van der Waals surface area contributed by atoms with E-state index in [1.54, 1.807) is 0 Å². The molecule has 0 aromatic rings. The van der Waals surface area contributed by atoms with E-state index in [1.807, 2.05) is 0 Å². The number of halogens is 1. The van der Waals surface area contributed by atoms with Crippen LogP contribution in [0.15, 0.2) is 10.6 Å². The summed E-state index contributed by atoms with van der Waals surface area (Å²) >= 11 is 7.35. The molecular weight excluding hydrogens is 444 g/mol. The van der Waals surface area contributed by atoms with Gasteiger partial charge in [-0.2, -0.15) is 0 Å². The maximum Gasteiger partial charge on any atom is 0.310 e. The van der Waals surface area contributed by atoms with Crippen molar-refractivity contribution in [2.24, 2.45) is 50.2 Å². The molecule has 0 amide bonds. The largest absolute Gasteiger partial charge is 0.481 e. The molecule has 1 N–H and O–H groups in total. The minimum atomic E-state index is -0.659. The van der Waals surface area contributed by atoms with Gasteiger partial charge in [-0.05, 0) is 103 Å². The molecule has 190 valence electrons. The third-order valence-electron chi connectivity index (χ3n) is 12.8. The minimum absolute atomic E-state index is 0.0349. The number of ketones is 1. The molecule has 7 atom stereocenters. The lowest BCUT2D eigenvalue weighted by Crippen LogP contribution is -2.65. The first-order chi connectivity index (χ1) is 15.6. The van der Waals surface area contributed by atoms with Crippen molar-refractivity contribution in [1.29, 1.82) is 0 Å². The highest BCUT2D eigenvalue weighted by molar-refractivity contribution is 6.30. The van der Waals surface area contributed by atoms with Crippen molar-refractivity contribution in [3.8, 4) is 0 Å². The van der Waals surface area contributed by atoms with E-state index in [2.05, 4.69) is 48.5 Å². The zero-order valence-corrected chi connectivity index (χ0v) is 23.2. The quantitative estimate of drug-likeness (QED) is 0.406. The Morgan fingerprint density at radius 3 is 2.21 bits per heavy atom. The molecule has 0 aromatic heterocycles. The van der Waals surface area contributed by atoms with E-state index >= 15 is 0 Å². The molecule has 3 nitrogen and oxygen atoms in total. The molecule has 0 aliphatic heterocycles. The lowest BCUT2D eigenvalue weighted by atomic mass is 9.33. The zero-order valence-electron chi connectivity index (χ0n) is 22.4. The third kappa shape index (κ3) is 2.88. The van der Waals surface area contributed by atoms with Gasteiger partial charge < -0.3 is 5.11 Å². The number of rotatable bonds is 1. The van der Waals surface area contributed by atoms with E-state index in [1.165, 1.54) is 5.57 Å². The standard InChI is InChI=1S/C30H45ClO3/c1-25(2)12-14-30(24(33)34)15-13-29(7)23(18(30)17-25)19(31)16-21-27(5)10-9-22(32)26(3,4)20(27)8-11-28(21,29)6/h18,20-21H,8-17H2,1-7H3,(H,33,34). The van der Waals surface area contributed by atoms with Crippen LogP contribution in [0.1, 0.15) is 113 Å². The van der Waals surface area contributed by atoms with Crippen LogP contribution >= 0.6 is 11.6 Å². The van der Waals surface area contributed by atoms with Crippen LogP contribution in [-0.2, 0) is 9.59 Å². The van der Waals surface area contributed by atoms with Crippen molar-refractivity contribution in [3.05, 3.63) is 10.6 Å². The lowest BCUT2D eigenvalue weighted by Gasteiger charge is -2.70. The van der Waals surface area contributed by atoms with E-state index in [4.69, 9.17) is 11.6 Å². The highest BCUT2D eigenvalue weighted by Crippen LogP contribution is 2.76. The van der Waals surface area contributed by atoms with Crippen molar-refractivity contribution in [3.63, 3.8) is 0 Å². The summed E-state index contributed by atoms with van der Waals surface area (Å²) in [5, 5.41) is 11.5. The number of carboxylic acids is 1. The Balaban J connectivity index is 1.65. The fraction of sp³-hybridized carbons (Fsp3) is 0.867. The molecule has 4 heteroatoms. The van der Waals surface area contributed by atoms with Crippen molar-refractivity contribution in [2.45, 2.75) is 113 Å². The molecule has 0 heterocycles. The average Bonchev–Trinajstić information content (AvgIpc) is 2.72. The predicted octanol–water partition coefficient (Wildman–Crippen LogP) is 8.01. The van der Waals surface area contributed by atoms with E-state index < -0.39 is 11.4 Å². The van der Waals surface area contributed by atoms with Crippen LogP contribution in [0, 0.1) is 50.2 Å². The molecule has 7 unspecified atom stereocenters. The normalized spacial score (nSPS) is 49.4. The van der Waals surface area contributed by atoms with Crippen LogP contribution in [0.4, 0.5) is 0 Å². The summed E-state index contributed by atoms with van der Waals surface area (Å²) in [5.74, 6) is 0.678. The first-order valence-corrected chi connectivity index (χ1v) is 14.1. The highest BCUT2D eigenvalue weighted by atomic mass is 35.5. The Labute approximate surface area is 211 Å². The van der Waals surface area contributed by atoms with Crippen LogP contribution in [0.5, 0.6) is 0 Å². The summed E-state index contributed by atoms with van der Waals surface area (Å²) in [6.07, 6.45) is 9.02. The number of hydrogen-bond acceptors (Lipinski definition) is 2. The Hall–Kier alpha value is -0.830. The molecule has 5 aliphatic carbocycles. The molecule has 5 rings (SSSR count). The van der Waals surface area contributed by atoms with Gasteiger partial charge in [-0.3, -0.25) is 9.59 Å². The summed E-state index contributed by atoms with van der Waals surface area (Å²) in [5.41, 5.74) is 0.603. The van der Waals surface area contributed by atoms with Crippen molar-refractivity contribution < 1.29 is 14.7 Å². The topological polar surface area (TPSA) is 54.4 Å². The van der Waals surface area contributed by atoms with Crippen molar-refractivity contribution in [1.82, 2.24) is 0 Å². The van der Waals surface area contributed by atoms with Crippen LogP contribution in [0.3, 0.4) is 0 Å². The van der Waals surface area contributed by atoms with Gasteiger partial charge in [0.15, 0.2) is 0 Å². The summed E-state index contributed by atoms with van der Waals surface area (Å²) in [4.78, 5) is 25.7. The van der Waals surface area contributed by atoms with Gasteiger partial charge in [0, 0.05) is 16.9 Å². The number of carbonyl (C=O) groups is 2. The van der Waals surface area contributed by atoms with Crippen LogP contribution in [-0.4, -0.2) is 16.9 Å². The first kappa shape index (κ1) is 24.8. The summed E-state index contributed by atoms with van der Waals surface area (Å²) in [7, 11) is 0. The van der Waals surface area contributed by atoms with Gasteiger partial charge in [0.05, 0.1) is 5.41 Å². The second-order valence-electron chi connectivity index (χ2n) is 14.9. The minimum Gasteiger partial charge on any atom is -0.481 e. The van der Waals surface area contributed by atoms with Gasteiger partial charge in [-0.25, -0.2) is 0 Å². The Bertz CT molecular complexity index is 978. The molecule has 4 fully saturated rings. The fourth-order valence-corrected chi connectivity index (χ4v) is 11.0. The number of Topliss-reactive ketones (excluding diaryl/α,β-unsaturated/α-hetero) is 1. The molecule has 0 radical (unpaired) electrons. The average molecular weight is 489 g/mol. The van der Waals surface area contributed by atoms with Gasteiger partial charge >= 0.3 is 5.97 Å². The Morgan fingerprint density at radius 2 is 1.56 bits per heavy atom. The number of carbonyl (C=O) groups excluding carboxylic acids is 1. The molecule has 0 spiro atoms. The Kier molecular flexibility index (Phi) is 5.22. The predicted molar refractivity (Wildman–Crippen MR) is 136 cm³/mol. The van der Waals surface area contributed by atoms with Crippen LogP contribution in [0.2, 0.25) is 0 Å². The molecule has 0 saturated heterocycles. The smallest absolute Gasteiger partial charge is 0.310 e. The molecule has 4 saturated carbocycles. The monoisotopic (exact) mass is 488 g/mol. The molecular formula is C30H45ClO3. The number of allylic oxidation sites excluding steroid dienone is 2. The molecule has 34 heavy (non-hydrogen) atoms. The molecule has 5 aliphatic rings. The van der Waals surface area contributed by atoms with Gasteiger partial charge in [-0.15, -0.1) is 0 Å². The number of carboxylic acid groups (broad SMARTS) is 1. The summed E-state index contributed by atoms with van der Waals surface area (Å²) in [6.45, 7) is 16.4. The number of aliphatic carboxylic acids is 1. The van der Waals surface area contributed by atoms with E-state index in [9.17, 15) is 14.7 Å². The molecule has 0 bridgehead atoms. The number of hydrogen-bond donors (Lipinski definition) is 1. The van der Waals surface area contributed by atoms with Crippen molar-refractivity contribution >= 4 is 23.4 Å². The summed E-state index contributed by atoms with van der Waals surface area (Å²) in [6, 6.07) is 0. The van der Waals surface area contributed by atoms with Crippen LogP contribution in [0.25, 0.3) is 0 Å². The fourth-order valence-electron chi connectivity index (χ4n) is 10.5. The van der Waals surface area contributed by atoms with Gasteiger partial charge in [0.25, 0.3) is 0 Å². The number of fused-ring (bicyclic) bond motifs is 7. The molecule has 0 aromatic carbocycles. The maximum atomic E-state index is 12.9. The second kappa shape index (κ2) is 7.14. The third-order valence-corrected chi connectivity index (χ3v) is 13.2. The van der Waals surface area contributed by atoms with E-state index in [0.717, 1.165) is 62.8 Å². The highest BCUT2D eigenvalue weighted by Gasteiger charge is 2.70. The SMILES string of the molecule is CC1(C)CCC2(C(=O)O)CCC3(C)C(=C(Cl)CC4C5(C)CCC(=O)C(C)(C)C5CCC43C)C2C1. The van der Waals surface area contributed by atoms with E-state index in [-0.39, 0.29) is 33.0 Å². The van der Waals surface area contributed by atoms with E-state index in [0.29, 0.717) is 24.0 Å². The van der Waals surface area contributed by atoms with Gasteiger partial charge in [0.2, 0.25) is 0 Å². The second-order valence-corrected chi connectivity index (χ2v) is 15.4.